The number of hydrogen-bond donors (Lipinski definition) is 8. The van der Waals surface area contributed by atoms with Crippen LogP contribution in [-0.4, -0.2) is 80.0 Å². The first-order valence-corrected chi connectivity index (χ1v) is 48.2. The van der Waals surface area contributed by atoms with Crippen LogP contribution >= 0.6 is 0 Å². The highest BCUT2D eigenvalue weighted by Gasteiger charge is 2.69. The second-order valence-electron chi connectivity index (χ2n) is 41.4. The van der Waals surface area contributed by atoms with Crippen molar-refractivity contribution in [2.75, 3.05) is 21.3 Å². The number of amides is 12. The lowest BCUT2D eigenvalue weighted by molar-refractivity contribution is -0.171. The van der Waals surface area contributed by atoms with Crippen LogP contribution in [0.3, 0.4) is 0 Å². The number of fused-ring (bicyclic) bond motifs is 14. The average molecular weight is 1720 g/mol. The molecule has 8 bridgehead atoms. The fraction of sp³-hybridized carbons (Fsp3) is 0.596. The minimum absolute atomic E-state index is 0.216. The molecule has 0 spiro atoms. The molecule has 4 saturated carbocycles. The lowest BCUT2D eigenvalue weighted by Crippen LogP contribution is -2.65. The summed E-state index contributed by atoms with van der Waals surface area (Å²) < 4.78 is 4.50. The summed E-state index contributed by atoms with van der Waals surface area (Å²) in [5, 5.41) is 28.0. The number of anilines is 4. The minimum Gasteiger partial charge on any atom is -0.336 e. The van der Waals surface area contributed by atoms with E-state index in [-0.39, 0.29) is 70.9 Å². The Bertz CT molecular complexity index is 4770. The highest BCUT2D eigenvalue weighted by molar-refractivity contribution is 6.16. The Labute approximate surface area is 742 Å². The van der Waals surface area contributed by atoms with Crippen molar-refractivity contribution in [1.29, 1.82) is 0 Å². The Balaban J connectivity index is 0.798. The highest BCUT2D eigenvalue weighted by atomic mass is 16.2. The number of nitrogens with one attached hydrogen (secondary N) is 8. The maximum absolute atomic E-state index is 15.7. The zero-order chi connectivity index (χ0) is 90.0. The van der Waals surface area contributed by atoms with E-state index >= 15 is 19.2 Å². The zero-order valence-corrected chi connectivity index (χ0v) is 76.9. The Hall–Kier alpha value is -9.86. The van der Waals surface area contributed by atoms with Crippen LogP contribution < -0.4 is 42.5 Å². The molecular weight excluding hydrogens is 1580 g/mol. The lowest BCUT2D eigenvalue weighted by Gasteiger charge is -2.57. The third-order valence-electron chi connectivity index (χ3n) is 32.0. The monoisotopic (exact) mass is 1720 g/mol. The van der Waals surface area contributed by atoms with Crippen LogP contribution in [0.5, 0.6) is 0 Å². The Morgan fingerprint density at radius 1 is 0.246 bits per heavy atom. The van der Waals surface area contributed by atoms with Gasteiger partial charge in [0.1, 0.15) is 0 Å². The van der Waals surface area contributed by atoms with Gasteiger partial charge in [-0.25, -0.2) is 0 Å². The van der Waals surface area contributed by atoms with E-state index in [4.69, 9.17) is 0 Å². The van der Waals surface area contributed by atoms with Crippen LogP contribution in [0.15, 0.2) is 97.1 Å². The van der Waals surface area contributed by atoms with Gasteiger partial charge in [0, 0.05) is 79.5 Å². The van der Waals surface area contributed by atoms with E-state index in [2.05, 4.69) is 159 Å². The Morgan fingerprint density at radius 3 is 0.571 bits per heavy atom. The van der Waals surface area contributed by atoms with Crippen molar-refractivity contribution in [2.45, 2.75) is 327 Å². The number of rotatable bonds is 36. The number of piperidine rings is 4. The summed E-state index contributed by atoms with van der Waals surface area (Å²) in [6.45, 7) is 25.4. The maximum Gasteiger partial charge on any atom is 0.232 e. The zero-order valence-electron chi connectivity index (χ0n) is 76.9. The van der Waals surface area contributed by atoms with Crippen molar-refractivity contribution in [2.24, 2.45) is 65.0 Å². The number of hydrogen-bond acceptors (Lipinski definition) is 12. The standard InChI is InChI=1S/C104H136N10O12/c1-13-37-93(55-97(41-17-5)63-98(56-93,42-18-6)86(120)109-85(97)119)81(115)105-69-29-33-77-73(49-69)74-50-70(106-82(116)94(38-14-2)57-99(43-19-7)64-100(58-94,44-20-8)88(122)110-87(99)121)30-34-78(74)113(77)53-67-25-27-68(28-26-67)54-114-79-35-31-71(107-83(117)95(39-15-3)59-101(45-21-9)65-102(60-95,46-22-10)90(124)111-89(101)123)51-75(79)76-52-72(32-36-80(76)114)108-84(118)96(40-16-4)61-103(47-23-11)66-104(62-96,48-24-12)92(126)112-91(103)125/h25-36,49-52H,13-24,37-48,53-66H2,1-12H3,(H,105,115)(H,106,116)(H,107,117)(H,108,118)(H,109,119,120)(H,110,121,122)(H,111,123,124)(H,112,125,126). The van der Waals surface area contributed by atoms with Gasteiger partial charge in [0.15, 0.2) is 0 Å². The molecule has 8 aliphatic rings. The normalized spacial score (nSPS) is 30.4. The maximum atomic E-state index is 15.7. The number of carbonyl (C=O) groups is 12. The highest BCUT2D eigenvalue weighted by Crippen LogP contribution is 2.67. The van der Waals surface area contributed by atoms with E-state index in [0.717, 1.165) is 54.7 Å². The summed E-state index contributed by atoms with van der Waals surface area (Å²) in [5.74, 6) is -3.15. The minimum atomic E-state index is -1.03. The molecule has 0 radical (unpaired) electrons. The first-order chi connectivity index (χ1) is 60.3. The smallest absolute Gasteiger partial charge is 0.232 e. The molecule has 5 aromatic carbocycles. The third-order valence-corrected chi connectivity index (χ3v) is 32.0. The summed E-state index contributed by atoms with van der Waals surface area (Å²) in [6, 6.07) is 32.3. The van der Waals surface area contributed by atoms with E-state index < -0.39 is 65.0 Å². The van der Waals surface area contributed by atoms with Gasteiger partial charge in [-0.15, -0.1) is 0 Å². The van der Waals surface area contributed by atoms with Gasteiger partial charge in [0.05, 0.1) is 65.0 Å². The van der Waals surface area contributed by atoms with Crippen LogP contribution in [0.1, 0.15) is 325 Å². The van der Waals surface area contributed by atoms with Crippen molar-refractivity contribution >= 4 is 137 Å². The molecular formula is C104H136N10O12. The number of nitrogens with zero attached hydrogens (tertiary/aromatic N) is 2. The van der Waals surface area contributed by atoms with Gasteiger partial charge in [-0.3, -0.25) is 78.8 Å². The number of benzene rings is 5. The molecule has 4 aliphatic carbocycles. The molecule has 22 nitrogen and oxygen atoms in total. The van der Waals surface area contributed by atoms with Gasteiger partial charge in [-0.05, 0) is 238 Å². The van der Waals surface area contributed by atoms with Crippen molar-refractivity contribution < 1.29 is 57.5 Å². The van der Waals surface area contributed by atoms with Gasteiger partial charge in [0.25, 0.3) is 0 Å². The van der Waals surface area contributed by atoms with Crippen LogP contribution in [-0.2, 0) is 70.6 Å². The first-order valence-electron chi connectivity index (χ1n) is 48.2. The van der Waals surface area contributed by atoms with E-state index in [1.807, 2.05) is 72.8 Å². The van der Waals surface area contributed by atoms with Crippen LogP contribution in [0, 0.1) is 65.0 Å². The lowest BCUT2D eigenvalue weighted by atomic mass is 9.47. The van der Waals surface area contributed by atoms with Crippen LogP contribution in [0.2, 0.25) is 0 Å². The summed E-state index contributed by atoms with van der Waals surface area (Å²) in [7, 11) is 0. The SMILES string of the molecule is CCCC12CC(CCC)(CC(CCC)(C(=O)Nc3ccc4c(c3)c3cc(NC(=O)C5(CCC)CC6(CCC)CC(CCC)(C5)C(=O)NC6=O)ccc3n4Cc3ccc(Cn4c5ccc(NC(=O)C6(CCC)CC7(CCC)CC(CCC)(C6)C(=O)NC7=O)cc5c5cc(NC(=O)C6(CCC)CC7(CCC)CC(CCC)(C6)C(=O)NC7=O)ccc54)cc3)C1)C(=O)NC2=O. The number of aromatic nitrogens is 2. The second kappa shape index (κ2) is 34.6. The van der Waals surface area contributed by atoms with E-state index in [9.17, 15) is 38.4 Å². The quantitative estimate of drug-likeness (QED) is 0.0170. The van der Waals surface area contributed by atoms with E-state index in [0.29, 0.717) is 267 Å². The number of imide groups is 4. The first kappa shape index (κ1) is 90.9. The summed E-state index contributed by atoms with van der Waals surface area (Å²) in [6.07, 6.45) is 19.1. The van der Waals surface area contributed by atoms with Crippen molar-refractivity contribution in [1.82, 2.24) is 30.4 Å². The molecule has 6 heterocycles. The third kappa shape index (κ3) is 15.4. The van der Waals surface area contributed by atoms with E-state index in [1.54, 1.807) is 0 Å². The molecule has 8 atom stereocenters. The molecule has 15 rings (SSSR count). The van der Waals surface area contributed by atoms with Crippen molar-refractivity contribution in [3.05, 3.63) is 108 Å². The summed E-state index contributed by atoms with van der Waals surface area (Å²) >= 11 is 0. The van der Waals surface area contributed by atoms with E-state index in [1.165, 1.54) is 0 Å². The Kier molecular flexibility index (Phi) is 25.0. The van der Waals surface area contributed by atoms with Gasteiger partial charge >= 0.3 is 0 Å². The molecule has 4 aliphatic heterocycles. The summed E-state index contributed by atoms with van der Waals surface area (Å²) in [4.78, 5) is 177. The summed E-state index contributed by atoms with van der Waals surface area (Å²) in [5.41, 5.74) is -3.62. The molecule has 2 aromatic heterocycles. The van der Waals surface area contributed by atoms with Gasteiger partial charge in [-0.2, -0.15) is 0 Å². The topological polar surface area (TPSA) is 311 Å². The Morgan fingerprint density at radius 2 is 0.413 bits per heavy atom. The van der Waals surface area contributed by atoms with Gasteiger partial charge in [0.2, 0.25) is 70.9 Å². The fourth-order valence-corrected chi connectivity index (χ4v) is 28.2. The largest absolute Gasteiger partial charge is 0.336 e. The molecule has 8 fully saturated rings. The predicted molar refractivity (Wildman–Crippen MR) is 494 cm³/mol. The molecule has 674 valence electrons. The van der Waals surface area contributed by atoms with Crippen molar-refractivity contribution in [3.8, 4) is 0 Å². The molecule has 4 saturated heterocycles. The van der Waals surface area contributed by atoms with Gasteiger partial charge < -0.3 is 30.4 Å². The average Bonchev–Trinajstić information content (AvgIpc) is 1.25. The fourth-order valence-electron chi connectivity index (χ4n) is 28.2. The molecule has 8 unspecified atom stereocenters. The molecule has 22 heteroatoms. The van der Waals surface area contributed by atoms with Crippen LogP contribution in [0.4, 0.5) is 22.7 Å². The number of carbonyl (C=O) groups excluding carboxylic acids is 12. The molecule has 126 heavy (non-hydrogen) atoms. The van der Waals surface area contributed by atoms with Gasteiger partial charge in [-0.1, -0.05) is 184 Å². The molecule has 7 aromatic rings. The second-order valence-corrected chi connectivity index (χ2v) is 41.4. The molecule has 8 N–H and O–H groups in total. The molecule has 12 amide bonds. The predicted octanol–water partition coefficient (Wildman–Crippen LogP) is 20.6. The van der Waals surface area contributed by atoms with Crippen molar-refractivity contribution in [3.63, 3.8) is 0 Å². The van der Waals surface area contributed by atoms with Crippen LogP contribution in [0.25, 0.3) is 43.6 Å².